The van der Waals surface area contributed by atoms with Crippen LogP contribution in [-0.2, 0) is 9.84 Å². The van der Waals surface area contributed by atoms with Crippen molar-refractivity contribution in [3.8, 4) is 5.75 Å². The highest BCUT2D eigenvalue weighted by Crippen LogP contribution is 2.39. The van der Waals surface area contributed by atoms with Crippen molar-refractivity contribution in [1.82, 2.24) is 25.1 Å². The molecule has 2 heterocycles. The predicted molar refractivity (Wildman–Crippen MR) is 193 cm³/mol. The summed E-state index contributed by atoms with van der Waals surface area (Å²) in [5.74, 6) is 0.776. The zero-order valence-corrected chi connectivity index (χ0v) is 29.9. The minimum absolute atomic E-state index is 0.0199. The number of anilines is 4. The number of aromatic nitrogens is 2. The van der Waals surface area contributed by atoms with Gasteiger partial charge in [0.05, 0.1) is 34.3 Å². The summed E-state index contributed by atoms with van der Waals surface area (Å²) < 4.78 is 32.2. The first-order chi connectivity index (χ1) is 23.0. The second-order valence-corrected chi connectivity index (χ2v) is 15.1. The van der Waals surface area contributed by atoms with Crippen LogP contribution in [0.4, 0.5) is 23.1 Å². The fourth-order valence-corrected chi connectivity index (χ4v) is 7.82. The highest BCUT2D eigenvalue weighted by Gasteiger charge is 2.27. The molecule has 13 heteroatoms. The van der Waals surface area contributed by atoms with Gasteiger partial charge >= 0.3 is 0 Å². The molecule has 3 N–H and O–H groups in total. The maximum Gasteiger partial charge on any atom is 0.251 e. The van der Waals surface area contributed by atoms with Gasteiger partial charge in [0.1, 0.15) is 10.8 Å². The molecular formula is C35H46ClN7O4S. The summed E-state index contributed by atoms with van der Waals surface area (Å²) in [4.78, 5) is 27.4. The number of nitrogens with one attached hydrogen (secondary N) is 3. The van der Waals surface area contributed by atoms with E-state index in [1.807, 2.05) is 26.8 Å². The van der Waals surface area contributed by atoms with Crippen molar-refractivity contribution in [1.29, 1.82) is 0 Å². The number of carbonyl (C=O) groups excluding carboxylic acids is 1. The van der Waals surface area contributed by atoms with E-state index in [0.717, 1.165) is 56.6 Å². The highest BCUT2D eigenvalue weighted by molar-refractivity contribution is 7.91. The number of hydrogen-bond acceptors (Lipinski definition) is 10. The molecule has 0 spiro atoms. The van der Waals surface area contributed by atoms with E-state index in [1.54, 1.807) is 37.4 Å². The summed E-state index contributed by atoms with van der Waals surface area (Å²) in [6, 6.07) is 10.9. The van der Waals surface area contributed by atoms with Crippen molar-refractivity contribution in [3.05, 3.63) is 64.8 Å². The second-order valence-electron chi connectivity index (χ2n) is 12.6. The molecule has 5 rings (SSSR count). The van der Waals surface area contributed by atoms with Gasteiger partial charge in [-0.1, -0.05) is 36.7 Å². The highest BCUT2D eigenvalue weighted by atomic mass is 35.5. The lowest BCUT2D eigenvalue weighted by Crippen LogP contribution is -2.49. The summed E-state index contributed by atoms with van der Waals surface area (Å²) in [5, 5.41) is 9.32. The molecule has 3 aromatic rings. The Morgan fingerprint density at radius 2 is 1.85 bits per heavy atom. The van der Waals surface area contributed by atoms with Gasteiger partial charge in [-0.2, -0.15) is 4.98 Å². The molecule has 0 saturated carbocycles. The van der Waals surface area contributed by atoms with Crippen molar-refractivity contribution < 1.29 is 17.9 Å². The molecule has 1 aliphatic carbocycles. The number of allylic oxidation sites excluding steroid dienone is 1. The SMILES string of the molecule is CCCS(=O)(=O)c1ccccc1Nc1nc(Nc2cc(C(=O)NC)c(C3=CCC(N4CCN(C)CC4)CC3)cc2OC(C)C)ncc1Cl. The standard InChI is InChI=1S/C35H46ClN7O4S/c1-6-19-48(45,46)32-10-8-7-9-29(32)39-33-28(36)22-38-35(41-33)40-30-20-27(34(44)37-4)26(21-31(30)47-23(2)3)24-11-13-25(14-12-24)43-17-15-42(5)16-18-43/h7-11,20-23,25H,6,12-19H2,1-5H3,(H,37,44)(H2,38,39,40,41). The molecule has 1 saturated heterocycles. The van der Waals surface area contributed by atoms with Crippen LogP contribution in [0.5, 0.6) is 5.75 Å². The quantitative estimate of drug-likeness (QED) is 0.204. The average Bonchev–Trinajstić information content (AvgIpc) is 3.07. The molecule has 1 atom stereocenters. The van der Waals surface area contributed by atoms with Crippen LogP contribution < -0.4 is 20.7 Å². The van der Waals surface area contributed by atoms with Crippen LogP contribution in [0.2, 0.25) is 5.02 Å². The maximum atomic E-state index is 13.3. The third-order valence-corrected chi connectivity index (χ3v) is 10.9. The number of rotatable bonds is 12. The molecule has 1 aliphatic heterocycles. The van der Waals surface area contributed by atoms with Crippen molar-refractivity contribution in [3.63, 3.8) is 0 Å². The van der Waals surface area contributed by atoms with E-state index in [1.165, 1.54) is 6.20 Å². The first-order valence-electron chi connectivity index (χ1n) is 16.6. The number of ether oxygens (including phenoxy) is 1. The van der Waals surface area contributed by atoms with Gasteiger partial charge in [0, 0.05) is 44.8 Å². The number of nitrogens with zero attached hydrogens (tertiary/aromatic N) is 4. The molecule has 48 heavy (non-hydrogen) atoms. The summed E-state index contributed by atoms with van der Waals surface area (Å²) in [6.07, 6.45) is 6.88. The third kappa shape index (κ3) is 8.46. The molecule has 1 aromatic heterocycles. The summed E-state index contributed by atoms with van der Waals surface area (Å²) in [7, 11) is 0.273. The molecular weight excluding hydrogens is 650 g/mol. The van der Waals surface area contributed by atoms with Crippen molar-refractivity contribution in [2.75, 3.05) is 56.7 Å². The van der Waals surface area contributed by atoms with Crippen LogP contribution in [-0.4, -0.2) is 92.3 Å². The van der Waals surface area contributed by atoms with Gasteiger partial charge < -0.3 is 25.6 Å². The Kier molecular flexibility index (Phi) is 11.6. The van der Waals surface area contributed by atoms with E-state index in [0.29, 0.717) is 35.2 Å². The Bertz CT molecular complexity index is 1760. The number of sulfone groups is 1. The van der Waals surface area contributed by atoms with Gasteiger partial charge in [-0.3, -0.25) is 9.69 Å². The summed E-state index contributed by atoms with van der Waals surface area (Å²) in [6.45, 7) is 10.0. The lowest BCUT2D eigenvalue weighted by molar-refractivity contribution is 0.0962. The van der Waals surface area contributed by atoms with Crippen LogP contribution >= 0.6 is 11.6 Å². The average molecular weight is 696 g/mol. The largest absolute Gasteiger partial charge is 0.489 e. The van der Waals surface area contributed by atoms with E-state index in [-0.39, 0.29) is 39.4 Å². The lowest BCUT2D eigenvalue weighted by atomic mass is 9.87. The molecule has 0 bridgehead atoms. The minimum atomic E-state index is -3.52. The number of likely N-dealkylation sites (N-methyl/N-ethyl adjacent to an activating group) is 1. The van der Waals surface area contributed by atoms with Crippen LogP contribution in [0, 0.1) is 0 Å². The van der Waals surface area contributed by atoms with Gasteiger partial charge in [0.15, 0.2) is 15.7 Å². The molecule has 11 nitrogen and oxygen atoms in total. The van der Waals surface area contributed by atoms with Crippen LogP contribution in [0.15, 0.2) is 53.6 Å². The molecule has 1 amide bonds. The van der Waals surface area contributed by atoms with E-state index in [4.69, 9.17) is 16.3 Å². The van der Waals surface area contributed by atoms with Gasteiger partial charge in [-0.25, -0.2) is 13.4 Å². The molecule has 258 valence electrons. The Balaban J connectivity index is 1.46. The topological polar surface area (TPSA) is 129 Å². The number of amides is 1. The fraction of sp³-hybridized carbons (Fsp3) is 0.457. The molecule has 2 aliphatic rings. The van der Waals surface area contributed by atoms with Gasteiger partial charge in [-0.05, 0) is 82.0 Å². The number of piperazine rings is 1. The molecule has 2 aromatic carbocycles. The van der Waals surface area contributed by atoms with E-state index in [2.05, 4.69) is 48.8 Å². The van der Waals surface area contributed by atoms with E-state index >= 15 is 0 Å². The third-order valence-electron chi connectivity index (χ3n) is 8.68. The van der Waals surface area contributed by atoms with Crippen molar-refractivity contribution in [2.45, 2.75) is 63.5 Å². The van der Waals surface area contributed by atoms with Gasteiger partial charge in [0.2, 0.25) is 5.95 Å². The monoisotopic (exact) mass is 695 g/mol. The fourth-order valence-electron chi connectivity index (χ4n) is 6.18. The van der Waals surface area contributed by atoms with Gasteiger partial charge in [-0.15, -0.1) is 0 Å². The second kappa shape index (κ2) is 15.7. The van der Waals surface area contributed by atoms with Crippen LogP contribution in [0.1, 0.15) is 62.4 Å². The Morgan fingerprint density at radius 1 is 1.10 bits per heavy atom. The zero-order valence-electron chi connectivity index (χ0n) is 28.3. The number of carbonyl (C=O) groups is 1. The van der Waals surface area contributed by atoms with E-state index in [9.17, 15) is 13.2 Å². The first-order valence-corrected chi connectivity index (χ1v) is 18.6. The summed E-state index contributed by atoms with van der Waals surface area (Å²) >= 11 is 6.48. The zero-order chi connectivity index (χ0) is 34.4. The Labute approximate surface area is 289 Å². The molecule has 0 radical (unpaired) electrons. The minimum Gasteiger partial charge on any atom is -0.489 e. The maximum absolute atomic E-state index is 13.3. The number of halogens is 1. The smallest absolute Gasteiger partial charge is 0.251 e. The summed E-state index contributed by atoms with van der Waals surface area (Å²) in [5.41, 5.74) is 3.37. The Hall–Kier alpha value is -3.71. The molecule has 1 unspecified atom stereocenters. The number of hydrogen-bond donors (Lipinski definition) is 3. The van der Waals surface area contributed by atoms with Crippen molar-refractivity contribution in [2.24, 2.45) is 0 Å². The molecule has 1 fully saturated rings. The van der Waals surface area contributed by atoms with Gasteiger partial charge in [0.25, 0.3) is 5.91 Å². The van der Waals surface area contributed by atoms with Crippen LogP contribution in [0.25, 0.3) is 5.57 Å². The van der Waals surface area contributed by atoms with Crippen LogP contribution in [0.3, 0.4) is 0 Å². The van der Waals surface area contributed by atoms with Crippen molar-refractivity contribution >= 4 is 56.1 Å². The Morgan fingerprint density at radius 3 is 2.52 bits per heavy atom. The number of para-hydroxylation sites is 1. The lowest BCUT2D eigenvalue weighted by Gasteiger charge is -2.39. The first kappa shape index (κ1) is 35.6. The number of benzene rings is 2. The van der Waals surface area contributed by atoms with E-state index < -0.39 is 9.84 Å². The predicted octanol–water partition coefficient (Wildman–Crippen LogP) is 6.13. The normalized spacial score (nSPS) is 17.6.